The molecule has 1 heterocycles. The zero-order valence-electron chi connectivity index (χ0n) is 9.11. The van der Waals surface area contributed by atoms with Crippen LogP contribution in [0.15, 0.2) is 0 Å². The highest BCUT2D eigenvalue weighted by Crippen LogP contribution is 2.35. The Kier molecular flexibility index (Phi) is 3.45. The second kappa shape index (κ2) is 4.63. The molecule has 2 heteroatoms. The minimum atomic E-state index is -0.0375. The SMILES string of the molecule is CC1C(O)CCC1CCC1CCCO1. The van der Waals surface area contributed by atoms with Gasteiger partial charge in [-0.3, -0.25) is 0 Å². The van der Waals surface area contributed by atoms with E-state index in [1.165, 1.54) is 32.1 Å². The van der Waals surface area contributed by atoms with E-state index in [-0.39, 0.29) is 6.10 Å². The number of hydrogen-bond donors (Lipinski definition) is 1. The molecule has 1 saturated heterocycles. The van der Waals surface area contributed by atoms with E-state index in [1.807, 2.05) is 0 Å². The molecule has 0 spiro atoms. The predicted molar refractivity (Wildman–Crippen MR) is 56.1 cm³/mol. The van der Waals surface area contributed by atoms with E-state index in [0.717, 1.165) is 18.9 Å². The van der Waals surface area contributed by atoms with Crippen LogP contribution in [-0.2, 0) is 4.74 Å². The molecule has 2 aliphatic rings. The molecular formula is C12H22O2. The standard InChI is InChI=1S/C12H22O2/c1-9-10(5-7-12(9)13)4-6-11-3-2-8-14-11/h9-13H,2-8H2,1H3. The topological polar surface area (TPSA) is 29.5 Å². The summed E-state index contributed by atoms with van der Waals surface area (Å²) in [7, 11) is 0. The Bertz CT molecular complexity index is 175. The van der Waals surface area contributed by atoms with Crippen LogP contribution in [0.25, 0.3) is 0 Å². The minimum absolute atomic E-state index is 0.0375. The zero-order chi connectivity index (χ0) is 9.97. The minimum Gasteiger partial charge on any atom is -0.393 e. The first-order chi connectivity index (χ1) is 6.77. The Morgan fingerprint density at radius 2 is 2.07 bits per heavy atom. The number of rotatable bonds is 3. The van der Waals surface area contributed by atoms with Gasteiger partial charge in [0.1, 0.15) is 0 Å². The van der Waals surface area contributed by atoms with E-state index in [1.54, 1.807) is 0 Å². The first-order valence-electron chi connectivity index (χ1n) is 6.07. The molecule has 4 unspecified atom stereocenters. The third-order valence-electron chi connectivity index (χ3n) is 4.07. The molecule has 0 bridgehead atoms. The molecule has 2 fully saturated rings. The second-order valence-corrected chi connectivity index (χ2v) is 4.98. The van der Waals surface area contributed by atoms with Crippen molar-refractivity contribution in [1.29, 1.82) is 0 Å². The molecule has 2 nitrogen and oxygen atoms in total. The van der Waals surface area contributed by atoms with Crippen molar-refractivity contribution in [2.24, 2.45) is 11.8 Å². The summed E-state index contributed by atoms with van der Waals surface area (Å²) >= 11 is 0. The van der Waals surface area contributed by atoms with Crippen molar-refractivity contribution < 1.29 is 9.84 Å². The molecule has 1 N–H and O–H groups in total. The Balaban J connectivity index is 1.70. The monoisotopic (exact) mass is 198 g/mol. The van der Waals surface area contributed by atoms with Gasteiger partial charge in [-0.15, -0.1) is 0 Å². The van der Waals surface area contributed by atoms with Gasteiger partial charge in [-0.05, 0) is 50.4 Å². The molecule has 1 saturated carbocycles. The third-order valence-corrected chi connectivity index (χ3v) is 4.07. The number of ether oxygens (including phenoxy) is 1. The van der Waals surface area contributed by atoms with Gasteiger partial charge in [-0.2, -0.15) is 0 Å². The first-order valence-corrected chi connectivity index (χ1v) is 6.07. The quantitative estimate of drug-likeness (QED) is 0.754. The van der Waals surface area contributed by atoms with Crippen molar-refractivity contribution >= 4 is 0 Å². The molecule has 0 aromatic heterocycles. The molecular weight excluding hydrogens is 176 g/mol. The smallest absolute Gasteiger partial charge is 0.0576 e. The summed E-state index contributed by atoms with van der Waals surface area (Å²) in [6, 6.07) is 0. The van der Waals surface area contributed by atoms with Gasteiger partial charge in [0.2, 0.25) is 0 Å². The number of aliphatic hydroxyl groups excluding tert-OH is 1. The van der Waals surface area contributed by atoms with Crippen LogP contribution in [0.2, 0.25) is 0 Å². The lowest BCUT2D eigenvalue weighted by Crippen LogP contribution is -2.17. The maximum atomic E-state index is 9.63. The van der Waals surface area contributed by atoms with E-state index >= 15 is 0 Å². The lowest BCUT2D eigenvalue weighted by Gasteiger charge is -2.18. The molecule has 0 amide bonds. The molecule has 0 aromatic carbocycles. The average Bonchev–Trinajstić information content (AvgIpc) is 2.77. The van der Waals surface area contributed by atoms with Gasteiger partial charge in [0.05, 0.1) is 12.2 Å². The summed E-state index contributed by atoms with van der Waals surface area (Å²) in [6.45, 7) is 3.16. The third kappa shape index (κ3) is 2.29. The maximum Gasteiger partial charge on any atom is 0.0576 e. The molecule has 14 heavy (non-hydrogen) atoms. The van der Waals surface area contributed by atoms with E-state index in [0.29, 0.717) is 12.0 Å². The highest BCUT2D eigenvalue weighted by atomic mass is 16.5. The maximum absolute atomic E-state index is 9.63. The Morgan fingerprint density at radius 1 is 1.21 bits per heavy atom. The van der Waals surface area contributed by atoms with Crippen LogP contribution in [0.1, 0.15) is 45.4 Å². The zero-order valence-corrected chi connectivity index (χ0v) is 9.11. The van der Waals surface area contributed by atoms with Crippen LogP contribution in [0.5, 0.6) is 0 Å². The van der Waals surface area contributed by atoms with Crippen LogP contribution in [0.3, 0.4) is 0 Å². The van der Waals surface area contributed by atoms with E-state index in [4.69, 9.17) is 4.74 Å². The van der Waals surface area contributed by atoms with Gasteiger partial charge < -0.3 is 9.84 Å². The van der Waals surface area contributed by atoms with Gasteiger partial charge in [0.15, 0.2) is 0 Å². The molecule has 1 aliphatic heterocycles. The lowest BCUT2D eigenvalue weighted by molar-refractivity contribution is 0.0892. The Hall–Kier alpha value is -0.0800. The summed E-state index contributed by atoms with van der Waals surface area (Å²) in [4.78, 5) is 0. The lowest BCUT2D eigenvalue weighted by atomic mass is 9.91. The molecule has 0 aromatic rings. The number of aliphatic hydroxyl groups is 1. The molecule has 0 radical (unpaired) electrons. The Morgan fingerprint density at radius 3 is 2.64 bits per heavy atom. The molecule has 2 rings (SSSR count). The van der Waals surface area contributed by atoms with E-state index < -0.39 is 0 Å². The van der Waals surface area contributed by atoms with Crippen LogP contribution < -0.4 is 0 Å². The van der Waals surface area contributed by atoms with E-state index in [2.05, 4.69) is 6.92 Å². The van der Waals surface area contributed by atoms with Crippen LogP contribution in [-0.4, -0.2) is 23.9 Å². The average molecular weight is 198 g/mol. The van der Waals surface area contributed by atoms with Crippen LogP contribution in [0, 0.1) is 11.8 Å². The second-order valence-electron chi connectivity index (χ2n) is 4.98. The van der Waals surface area contributed by atoms with Crippen molar-refractivity contribution in [3.05, 3.63) is 0 Å². The van der Waals surface area contributed by atoms with Gasteiger partial charge in [0, 0.05) is 6.61 Å². The normalized spacial score (nSPS) is 43.3. The van der Waals surface area contributed by atoms with Gasteiger partial charge in [-0.25, -0.2) is 0 Å². The van der Waals surface area contributed by atoms with E-state index in [9.17, 15) is 5.11 Å². The highest BCUT2D eigenvalue weighted by Gasteiger charge is 2.31. The van der Waals surface area contributed by atoms with Crippen molar-refractivity contribution in [2.45, 2.75) is 57.7 Å². The van der Waals surface area contributed by atoms with Crippen molar-refractivity contribution in [3.8, 4) is 0 Å². The molecule has 1 aliphatic carbocycles. The van der Waals surface area contributed by atoms with Gasteiger partial charge in [0.25, 0.3) is 0 Å². The fraction of sp³-hybridized carbons (Fsp3) is 1.00. The predicted octanol–water partition coefficient (Wildman–Crippen LogP) is 2.35. The summed E-state index contributed by atoms with van der Waals surface area (Å²) < 4.78 is 5.61. The van der Waals surface area contributed by atoms with Crippen molar-refractivity contribution in [1.82, 2.24) is 0 Å². The van der Waals surface area contributed by atoms with Crippen molar-refractivity contribution in [2.75, 3.05) is 6.61 Å². The van der Waals surface area contributed by atoms with Crippen molar-refractivity contribution in [3.63, 3.8) is 0 Å². The highest BCUT2D eigenvalue weighted by molar-refractivity contribution is 4.82. The Labute approximate surface area is 86.6 Å². The summed E-state index contributed by atoms with van der Waals surface area (Å²) in [5.41, 5.74) is 0. The molecule has 82 valence electrons. The summed E-state index contributed by atoms with van der Waals surface area (Å²) in [5.74, 6) is 1.26. The fourth-order valence-electron chi connectivity index (χ4n) is 2.90. The largest absolute Gasteiger partial charge is 0.393 e. The van der Waals surface area contributed by atoms with Gasteiger partial charge >= 0.3 is 0 Å². The first kappa shape index (κ1) is 10.4. The van der Waals surface area contributed by atoms with Gasteiger partial charge in [-0.1, -0.05) is 6.92 Å². The number of hydrogen-bond acceptors (Lipinski definition) is 2. The molecule has 4 atom stereocenters. The summed E-state index contributed by atoms with van der Waals surface area (Å²) in [6.07, 6.45) is 7.68. The van der Waals surface area contributed by atoms with Crippen LogP contribution >= 0.6 is 0 Å². The fourth-order valence-corrected chi connectivity index (χ4v) is 2.90. The summed E-state index contributed by atoms with van der Waals surface area (Å²) in [5, 5.41) is 9.63. The van der Waals surface area contributed by atoms with Crippen LogP contribution in [0.4, 0.5) is 0 Å².